The van der Waals surface area contributed by atoms with Crippen molar-refractivity contribution >= 4 is 12.1 Å². The number of fused-ring (bicyclic) bond motifs is 3. The molecule has 0 spiro atoms. The number of rotatable bonds is 3. The Hall–Kier alpha value is -1.30. The standard InChI is InChI=1S/C22H37NO5/c1-7-26-19-11-8-15-16-9-10-18(27-14(2)24)22(16,6)13-12-17(15)23(19)20(25)28-21(3,4)5/h15-19H,7-13H2,1-6H3/t15-,16-,17-,18-,19+,22-/m0/s1. The van der Waals surface area contributed by atoms with Crippen LogP contribution >= 0.6 is 0 Å². The second kappa shape index (κ2) is 7.85. The van der Waals surface area contributed by atoms with Gasteiger partial charge in [0.2, 0.25) is 0 Å². The van der Waals surface area contributed by atoms with Gasteiger partial charge in [0.15, 0.2) is 0 Å². The largest absolute Gasteiger partial charge is 0.462 e. The molecule has 3 rings (SSSR count). The van der Waals surface area contributed by atoms with Crippen LogP contribution in [0.2, 0.25) is 0 Å². The predicted octanol–water partition coefficient (Wildman–Crippen LogP) is 4.51. The molecule has 0 aromatic carbocycles. The molecule has 0 aromatic rings. The third-order valence-corrected chi connectivity index (χ3v) is 7.00. The van der Waals surface area contributed by atoms with Crippen LogP contribution in [-0.4, -0.2) is 47.5 Å². The van der Waals surface area contributed by atoms with Gasteiger partial charge in [0.05, 0.1) is 0 Å². The summed E-state index contributed by atoms with van der Waals surface area (Å²) in [7, 11) is 0. The van der Waals surface area contributed by atoms with E-state index in [1.165, 1.54) is 6.92 Å². The Labute approximate surface area is 169 Å². The Balaban J connectivity index is 1.83. The highest BCUT2D eigenvalue weighted by Crippen LogP contribution is 2.58. The fraction of sp³-hybridized carbons (Fsp3) is 0.909. The van der Waals surface area contributed by atoms with Gasteiger partial charge in [-0.2, -0.15) is 0 Å². The van der Waals surface area contributed by atoms with Gasteiger partial charge in [-0.1, -0.05) is 6.92 Å². The lowest BCUT2D eigenvalue weighted by atomic mass is 9.59. The van der Waals surface area contributed by atoms with E-state index in [1.807, 2.05) is 32.6 Å². The molecule has 2 saturated carbocycles. The van der Waals surface area contributed by atoms with E-state index in [0.717, 1.165) is 38.5 Å². The maximum Gasteiger partial charge on any atom is 0.412 e. The minimum absolute atomic E-state index is 0.00413. The minimum atomic E-state index is -0.530. The highest BCUT2D eigenvalue weighted by Gasteiger charge is 2.58. The molecule has 2 aliphatic carbocycles. The van der Waals surface area contributed by atoms with E-state index in [0.29, 0.717) is 18.4 Å². The number of esters is 1. The zero-order chi connectivity index (χ0) is 20.7. The second-order valence-corrected chi connectivity index (χ2v) is 9.93. The molecule has 0 unspecified atom stereocenters. The van der Waals surface area contributed by atoms with Gasteiger partial charge in [-0.25, -0.2) is 4.79 Å². The summed E-state index contributed by atoms with van der Waals surface area (Å²) in [5.74, 6) is 0.677. The van der Waals surface area contributed by atoms with Gasteiger partial charge in [0.25, 0.3) is 0 Å². The average Bonchev–Trinajstić information content (AvgIpc) is 2.89. The van der Waals surface area contributed by atoms with Crippen molar-refractivity contribution in [2.45, 2.75) is 104 Å². The van der Waals surface area contributed by atoms with Crippen LogP contribution in [0.15, 0.2) is 0 Å². The number of likely N-dealkylation sites (tertiary alicyclic amines) is 1. The molecule has 1 saturated heterocycles. The van der Waals surface area contributed by atoms with Crippen molar-refractivity contribution in [3.63, 3.8) is 0 Å². The predicted molar refractivity (Wildman–Crippen MR) is 106 cm³/mol. The topological polar surface area (TPSA) is 65.1 Å². The maximum atomic E-state index is 13.1. The van der Waals surface area contributed by atoms with Gasteiger partial charge >= 0.3 is 12.1 Å². The number of piperidine rings is 1. The lowest BCUT2D eigenvalue weighted by Crippen LogP contribution is -2.60. The molecular weight excluding hydrogens is 358 g/mol. The molecule has 1 heterocycles. The minimum Gasteiger partial charge on any atom is -0.462 e. The van der Waals surface area contributed by atoms with Gasteiger partial charge in [-0.3, -0.25) is 9.69 Å². The molecule has 0 aromatic heterocycles. The monoisotopic (exact) mass is 395 g/mol. The molecule has 6 heteroatoms. The summed E-state index contributed by atoms with van der Waals surface area (Å²) in [5, 5.41) is 0. The van der Waals surface area contributed by atoms with Crippen LogP contribution in [0, 0.1) is 17.3 Å². The molecular formula is C22H37NO5. The molecule has 3 aliphatic rings. The molecule has 0 N–H and O–H groups in total. The number of carbonyl (C=O) groups is 2. The Morgan fingerprint density at radius 3 is 2.43 bits per heavy atom. The third-order valence-electron chi connectivity index (χ3n) is 7.00. The van der Waals surface area contributed by atoms with E-state index in [-0.39, 0.29) is 35.9 Å². The van der Waals surface area contributed by atoms with Crippen LogP contribution < -0.4 is 0 Å². The van der Waals surface area contributed by atoms with Crippen LogP contribution in [0.1, 0.15) is 80.1 Å². The van der Waals surface area contributed by atoms with Crippen molar-refractivity contribution in [1.29, 1.82) is 0 Å². The van der Waals surface area contributed by atoms with Gasteiger partial charge < -0.3 is 14.2 Å². The SMILES string of the molecule is CCO[C@@H]1CC[C@@H]2[C@H](CC[C@]3(C)[C@@H](OC(C)=O)CC[C@@H]23)N1C(=O)OC(C)(C)C. The first-order valence-corrected chi connectivity index (χ1v) is 10.9. The van der Waals surface area contributed by atoms with Gasteiger partial charge in [0, 0.05) is 25.0 Å². The molecule has 0 bridgehead atoms. The number of ether oxygens (including phenoxy) is 3. The lowest BCUT2D eigenvalue weighted by Gasteiger charge is -2.55. The highest BCUT2D eigenvalue weighted by molar-refractivity contribution is 5.69. The first kappa shape index (κ1) is 21.4. The highest BCUT2D eigenvalue weighted by atomic mass is 16.6. The summed E-state index contributed by atoms with van der Waals surface area (Å²) in [6.45, 7) is 12.0. The van der Waals surface area contributed by atoms with Gasteiger partial charge in [-0.15, -0.1) is 0 Å². The fourth-order valence-electron chi connectivity index (χ4n) is 5.96. The number of hydrogen-bond donors (Lipinski definition) is 0. The second-order valence-electron chi connectivity index (χ2n) is 9.93. The zero-order valence-electron chi connectivity index (χ0n) is 18.3. The third kappa shape index (κ3) is 4.03. The summed E-state index contributed by atoms with van der Waals surface area (Å²) in [4.78, 5) is 26.6. The number of amides is 1. The summed E-state index contributed by atoms with van der Waals surface area (Å²) in [5.41, 5.74) is -0.525. The first-order chi connectivity index (χ1) is 13.1. The van der Waals surface area contributed by atoms with Crippen molar-refractivity contribution in [1.82, 2.24) is 4.90 Å². The average molecular weight is 396 g/mol. The number of carbonyl (C=O) groups excluding carboxylic acids is 2. The Morgan fingerprint density at radius 1 is 1.11 bits per heavy atom. The Kier molecular flexibility index (Phi) is 6.00. The normalized spacial score (nSPS) is 37.8. The lowest BCUT2D eigenvalue weighted by molar-refractivity contribution is -0.163. The quantitative estimate of drug-likeness (QED) is 0.658. The molecule has 1 amide bonds. The van der Waals surface area contributed by atoms with E-state index < -0.39 is 5.60 Å². The zero-order valence-corrected chi connectivity index (χ0v) is 18.3. The maximum absolute atomic E-state index is 13.1. The van der Waals surface area contributed by atoms with Crippen LogP contribution in [0.5, 0.6) is 0 Å². The van der Waals surface area contributed by atoms with Crippen molar-refractivity contribution < 1.29 is 23.8 Å². The number of nitrogens with zero attached hydrogens (tertiary/aromatic N) is 1. The molecule has 0 radical (unpaired) electrons. The van der Waals surface area contributed by atoms with E-state index in [9.17, 15) is 9.59 Å². The van der Waals surface area contributed by atoms with E-state index in [4.69, 9.17) is 14.2 Å². The molecule has 6 nitrogen and oxygen atoms in total. The number of hydrogen-bond acceptors (Lipinski definition) is 5. The summed E-state index contributed by atoms with van der Waals surface area (Å²) in [6.07, 6.45) is 5.22. The van der Waals surface area contributed by atoms with Crippen molar-refractivity contribution in [3.05, 3.63) is 0 Å². The summed E-state index contributed by atoms with van der Waals surface area (Å²) >= 11 is 0. The van der Waals surface area contributed by atoms with Crippen LogP contribution in [0.3, 0.4) is 0 Å². The molecule has 160 valence electrons. The summed E-state index contributed by atoms with van der Waals surface area (Å²) in [6, 6.07) is 0.134. The Bertz CT molecular complexity index is 600. The van der Waals surface area contributed by atoms with E-state index >= 15 is 0 Å². The smallest absolute Gasteiger partial charge is 0.412 e. The molecule has 28 heavy (non-hydrogen) atoms. The summed E-state index contributed by atoms with van der Waals surface area (Å²) < 4.78 is 17.4. The van der Waals surface area contributed by atoms with Gasteiger partial charge in [-0.05, 0) is 78.1 Å². The molecule has 6 atom stereocenters. The molecule has 3 fully saturated rings. The van der Waals surface area contributed by atoms with Crippen LogP contribution in [0.4, 0.5) is 4.79 Å². The molecule has 1 aliphatic heterocycles. The van der Waals surface area contributed by atoms with Crippen LogP contribution in [0.25, 0.3) is 0 Å². The van der Waals surface area contributed by atoms with Crippen LogP contribution in [-0.2, 0) is 19.0 Å². The Morgan fingerprint density at radius 2 is 1.82 bits per heavy atom. The van der Waals surface area contributed by atoms with E-state index in [2.05, 4.69) is 6.92 Å². The first-order valence-electron chi connectivity index (χ1n) is 10.9. The van der Waals surface area contributed by atoms with Crippen molar-refractivity contribution in [2.75, 3.05) is 6.61 Å². The van der Waals surface area contributed by atoms with Crippen molar-refractivity contribution in [2.24, 2.45) is 17.3 Å². The van der Waals surface area contributed by atoms with Gasteiger partial charge in [0.1, 0.15) is 17.9 Å². The fourth-order valence-corrected chi connectivity index (χ4v) is 5.96. The van der Waals surface area contributed by atoms with E-state index in [1.54, 1.807) is 0 Å². The van der Waals surface area contributed by atoms with Crippen molar-refractivity contribution in [3.8, 4) is 0 Å².